The minimum atomic E-state index is 0.150. The van der Waals surface area contributed by atoms with E-state index < -0.39 is 0 Å². The zero-order chi connectivity index (χ0) is 16.9. The Morgan fingerprint density at radius 1 is 0.917 bits per heavy atom. The first-order valence-electron chi connectivity index (χ1n) is 10.3. The Kier molecular flexibility index (Phi) is 6.43. The van der Waals surface area contributed by atoms with Crippen molar-refractivity contribution < 1.29 is 9.53 Å². The second-order valence-corrected chi connectivity index (χ2v) is 8.53. The van der Waals surface area contributed by atoms with Crippen molar-refractivity contribution in [3.05, 3.63) is 0 Å². The minimum Gasteiger partial charge on any atom is -0.375 e. The third kappa shape index (κ3) is 4.87. The molecule has 0 aromatic carbocycles. The zero-order valence-electron chi connectivity index (χ0n) is 15.6. The smallest absolute Gasteiger partial charge is 0.317 e. The Bertz CT molecular complexity index is 400. The Hall–Kier alpha value is -0.770. The molecule has 1 aliphatic heterocycles. The van der Waals surface area contributed by atoms with E-state index in [0.29, 0.717) is 24.2 Å². The van der Waals surface area contributed by atoms with Crippen molar-refractivity contribution in [1.29, 1.82) is 0 Å². The van der Waals surface area contributed by atoms with E-state index in [1.54, 1.807) is 0 Å². The summed E-state index contributed by atoms with van der Waals surface area (Å²) in [5, 5.41) is 3.30. The fourth-order valence-electron chi connectivity index (χ4n) is 4.80. The van der Waals surface area contributed by atoms with E-state index in [-0.39, 0.29) is 6.03 Å². The Morgan fingerprint density at radius 3 is 2.25 bits per heavy atom. The summed E-state index contributed by atoms with van der Waals surface area (Å²) in [6.45, 7) is 6.30. The second-order valence-electron chi connectivity index (χ2n) is 8.53. The summed E-state index contributed by atoms with van der Waals surface area (Å²) in [6, 6.07) is 0.516. The molecule has 0 spiro atoms. The molecule has 0 bridgehead atoms. The van der Waals surface area contributed by atoms with E-state index in [1.165, 1.54) is 44.9 Å². The van der Waals surface area contributed by atoms with Gasteiger partial charge in [-0.05, 0) is 56.8 Å². The lowest BCUT2D eigenvalue weighted by Crippen LogP contribution is -2.51. The molecule has 1 saturated heterocycles. The molecule has 3 aliphatic rings. The molecule has 3 unspecified atom stereocenters. The molecule has 4 nitrogen and oxygen atoms in total. The van der Waals surface area contributed by atoms with Crippen molar-refractivity contribution in [2.75, 3.05) is 13.1 Å². The number of hydrogen-bond donors (Lipinski definition) is 1. The van der Waals surface area contributed by atoms with Gasteiger partial charge in [-0.1, -0.05) is 33.1 Å². The summed E-state index contributed by atoms with van der Waals surface area (Å²) in [4.78, 5) is 14.6. The van der Waals surface area contributed by atoms with Crippen LogP contribution in [0.15, 0.2) is 0 Å². The number of rotatable bonds is 3. The van der Waals surface area contributed by atoms with Gasteiger partial charge in [0, 0.05) is 19.1 Å². The molecule has 0 aromatic heterocycles. The Balaban J connectivity index is 1.38. The lowest BCUT2D eigenvalue weighted by atomic mass is 9.80. The molecule has 2 saturated carbocycles. The molecule has 0 radical (unpaired) electrons. The zero-order valence-corrected chi connectivity index (χ0v) is 15.6. The average Bonchev–Trinajstić information content (AvgIpc) is 2.59. The van der Waals surface area contributed by atoms with Gasteiger partial charge in [0.2, 0.25) is 0 Å². The minimum absolute atomic E-state index is 0.150. The van der Waals surface area contributed by atoms with E-state index in [1.807, 2.05) is 4.90 Å². The molecule has 1 heterocycles. The largest absolute Gasteiger partial charge is 0.375 e. The SMILES string of the molecule is CC1CCC(NC(=O)N2CCC(OC3CCCCC3)CC2)C(C)C1. The normalized spacial score (nSPS) is 33.4. The topological polar surface area (TPSA) is 41.6 Å². The van der Waals surface area contributed by atoms with Crippen LogP contribution in [0.2, 0.25) is 0 Å². The van der Waals surface area contributed by atoms with Gasteiger partial charge in [0.05, 0.1) is 12.2 Å². The van der Waals surface area contributed by atoms with Crippen LogP contribution in [0.3, 0.4) is 0 Å². The molecule has 0 aromatic rings. The molecular weight excluding hydrogens is 300 g/mol. The number of nitrogens with one attached hydrogen (secondary N) is 1. The fraction of sp³-hybridized carbons (Fsp3) is 0.950. The maximum atomic E-state index is 12.6. The first-order chi connectivity index (χ1) is 11.6. The van der Waals surface area contributed by atoms with Crippen molar-refractivity contribution in [1.82, 2.24) is 10.2 Å². The van der Waals surface area contributed by atoms with Crippen molar-refractivity contribution in [3.8, 4) is 0 Å². The first kappa shape index (κ1) is 18.0. The molecule has 2 aliphatic carbocycles. The van der Waals surface area contributed by atoms with Gasteiger partial charge in [-0.15, -0.1) is 0 Å². The Labute approximate surface area is 147 Å². The number of piperidine rings is 1. The van der Waals surface area contributed by atoms with Crippen LogP contribution < -0.4 is 5.32 Å². The number of carbonyl (C=O) groups excluding carboxylic acids is 1. The molecule has 2 amide bonds. The fourth-order valence-corrected chi connectivity index (χ4v) is 4.80. The predicted molar refractivity (Wildman–Crippen MR) is 97.1 cm³/mol. The molecule has 3 atom stereocenters. The number of carbonyl (C=O) groups is 1. The summed E-state index contributed by atoms with van der Waals surface area (Å²) in [5.41, 5.74) is 0. The average molecular weight is 337 g/mol. The maximum absolute atomic E-state index is 12.6. The lowest BCUT2D eigenvalue weighted by Gasteiger charge is -2.38. The maximum Gasteiger partial charge on any atom is 0.317 e. The summed E-state index contributed by atoms with van der Waals surface area (Å²) < 4.78 is 6.28. The van der Waals surface area contributed by atoms with E-state index in [2.05, 4.69) is 19.2 Å². The van der Waals surface area contributed by atoms with Gasteiger partial charge in [0.1, 0.15) is 0 Å². The van der Waals surface area contributed by atoms with Gasteiger partial charge in [0.15, 0.2) is 0 Å². The summed E-state index contributed by atoms with van der Waals surface area (Å²) in [7, 11) is 0. The van der Waals surface area contributed by atoms with Crippen LogP contribution >= 0.6 is 0 Å². The molecule has 4 heteroatoms. The predicted octanol–water partition coefficient (Wildman–Crippen LogP) is 4.33. The summed E-state index contributed by atoms with van der Waals surface area (Å²) >= 11 is 0. The third-order valence-corrected chi connectivity index (χ3v) is 6.41. The number of hydrogen-bond acceptors (Lipinski definition) is 2. The number of ether oxygens (including phenoxy) is 1. The van der Waals surface area contributed by atoms with E-state index in [9.17, 15) is 4.79 Å². The monoisotopic (exact) mass is 336 g/mol. The molecule has 24 heavy (non-hydrogen) atoms. The van der Waals surface area contributed by atoms with Crippen LogP contribution in [0.25, 0.3) is 0 Å². The van der Waals surface area contributed by atoms with Crippen LogP contribution in [-0.2, 0) is 4.74 Å². The lowest BCUT2D eigenvalue weighted by molar-refractivity contribution is -0.0516. The molecule has 3 rings (SSSR count). The highest BCUT2D eigenvalue weighted by Gasteiger charge is 2.30. The van der Waals surface area contributed by atoms with Crippen LogP contribution in [-0.4, -0.2) is 42.3 Å². The second kappa shape index (κ2) is 8.55. The van der Waals surface area contributed by atoms with Crippen molar-refractivity contribution in [2.24, 2.45) is 11.8 Å². The van der Waals surface area contributed by atoms with Gasteiger partial charge >= 0.3 is 6.03 Å². The van der Waals surface area contributed by atoms with Crippen molar-refractivity contribution in [2.45, 2.75) is 96.3 Å². The summed E-state index contributed by atoms with van der Waals surface area (Å²) in [6.07, 6.45) is 13.0. The van der Waals surface area contributed by atoms with Gasteiger partial charge in [-0.2, -0.15) is 0 Å². The van der Waals surface area contributed by atoms with E-state index in [4.69, 9.17) is 4.74 Å². The van der Waals surface area contributed by atoms with Gasteiger partial charge in [0.25, 0.3) is 0 Å². The van der Waals surface area contributed by atoms with E-state index in [0.717, 1.165) is 38.3 Å². The van der Waals surface area contributed by atoms with Crippen LogP contribution in [0.5, 0.6) is 0 Å². The molecule has 1 N–H and O–H groups in total. The highest BCUT2D eigenvalue weighted by Crippen LogP contribution is 2.29. The van der Waals surface area contributed by atoms with Crippen molar-refractivity contribution >= 4 is 6.03 Å². The van der Waals surface area contributed by atoms with E-state index >= 15 is 0 Å². The quantitative estimate of drug-likeness (QED) is 0.833. The summed E-state index contributed by atoms with van der Waals surface area (Å²) in [5.74, 6) is 1.41. The van der Waals surface area contributed by atoms with Gasteiger partial charge < -0.3 is 15.0 Å². The van der Waals surface area contributed by atoms with Crippen LogP contribution in [0.1, 0.15) is 78.1 Å². The van der Waals surface area contributed by atoms with Crippen LogP contribution in [0.4, 0.5) is 4.79 Å². The number of urea groups is 1. The van der Waals surface area contributed by atoms with Crippen molar-refractivity contribution in [3.63, 3.8) is 0 Å². The standard InChI is InChI=1S/C20H36N2O2/c1-15-8-9-19(16(2)14-15)21-20(23)22-12-10-18(11-13-22)24-17-6-4-3-5-7-17/h15-19H,3-14H2,1-2H3,(H,21,23). The first-order valence-corrected chi connectivity index (χ1v) is 10.3. The molecule has 138 valence electrons. The highest BCUT2D eigenvalue weighted by molar-refractivity contribution is 5.74. The number of likely N-dealkylation sites (tertiary alicyclic amines) is 1. The Morgan fingerprint density at radius 2 is 1.58 bits per heavy atom. The van der Waals surface area contributed by atoms with Gasteiger partial charge in [-0.25, -0.2) is 4.79 Å². The molecular formula is C20H36N2O2. The number of nitrogens with zero attached hydrogens (tertiary/aromatic N) is 1. The highest BCUT2D eigenvalue weighted by atomic mass is 16.5. The molecule has 3 fully saturated rings. The number of amides is 2. The van der Waals surface area contributed by atoms with Crippen LogP contribution in [0, 0.1) is 11.8 Å². The third-order valence-electron chi connectivity index (χ3n) is 6.41. The van der Waals surface area contributed by atoms with Gasteiger partial charge in [-0.3, -0.25) is 0 Å².